The van der Waals surface area contributed by atoms with E-state index in [-0.39, 0.29) is 31.1 Å². The van der Waals surface area contributed by atoms with Gasteiger partial charge in [0.2, 0.25) is 0 Å². The number of carbonyl (C=O) groups is 3. The van der Waals surface area contributed by atoms with E-state index in [1.54, 1.807) is 0 Å². The van der Waals surface area contributed by atoms with Crippen molar-refractivity contribution in [3.63, 3.8) is 0 Å². The van der Waals surface area contributed by atoms with Crippen LogP contribution in [0, 0.1) is 0 Å². The highest BCUT2D eigenvalue weighted by Crippen LogP contribution is 2.15. The Kier molecular flexibility index (Phi) is 54.3. The van der Waals surface area contributed by atoms with Crippen LogP contribution >= 0.6 is 0 Å². The van der Waals surface area contributed by atoms with E-state index in [0.29, 0.717) is 19.3 Å². The van der Waals surface area contributed by atoms with E-state index in [1.807, 2.05) is 0 Å². The van der Waals surface area contributed by atoms with Crippen LogP contribution in [-0.2, 0) is 28.6 Å². The molecule has 0 bridgehead atoms. The van der Waals surface area contributed by atoms with Crippen molar-refractivity contribution in [3.05, 3.63) is 60.8 Å². The summed E-state index contributed by atoms with van der Waals surface area (Å²) in [6.07, 6.45) is 70.6. The van der Waals surface area contributed by atoms with Gasteiger partial charge in [0.15, 0.2) is 6.10 Å². The molecule has 0 aliphatic carbocycles. The quantitative estimate of drug-likeness (QED) is 0.0262. The summed E-state index contributed by atoms with van der Waals surface area (Å²) in [7, 11) is 0. The topological polar surface area (TPSA) is 78.9 Å². The normalized spacial score (nSPS) is 12.5. The fourth-order valence-electron chi connectivity index (χ4n) is 8.33. The molecule has 6 heteroatoms. The van der Waals surface area contributed by atoms with Crippen molar-refractivity contribution in [1.29, 1.82) is 0 Å². The van der Waals surface area contributed by atoms with Crippen molar-refractivity contribution in [2.75, 3.05) is 13.2 Å². The lowest BCUT2D eigenvalue weighted by atomic mass is 10.1. The molecule has 0 aromatic heterocycles. The molecule has 0 aromatic carbocycles. The van der Waals surface area contributed by atoms with Gasteiger partial charge in [-0.05, 0) is 103 Å². The van der Waals surface area contributed by atoms with Gasteiger partial charge in [0.05, 0.1) is 0 Å². The minimum absolute atomic E-state index is 0.0823. The Bertz CT molecular complexity index is 1230. The van der Waals surface area contributed by atoms with E-state index >= 15 is 0 Å². The third kappa shape index (κ3) is 54.1. The summed E-state index contributed by atoms with van der Waals surface area (Å²) in [5, 5.41) is 0. The molecular formula is C62H110O6. The molecule has 1 atom stereocenters. The molecule has 0 aliphatic rings. The molecule has 68 heavy (non-hydrogen) atoms. The number of carbonyl (C=O) groups excluding carboxylic acids is 3. The Labute approximate surface area is 421 Å². The maximum absolute atomic E-state index is 12.9. The zero-order valence-corrected chi connectivity index (χ0v) is 45.1. The van der Waals surface area contributed by atoms with E-state index in [1.165, 1.54) is 167 Å². The standard InChI is InChI=1S/C62H110O6/c1-4-7-10-13-16-19-22-25-28-31-34-37-40-43-46-49-52-55-61(64)67-58-59(57-66-60(63)54-51-48-45-42-39-36-33-30-27-24-21-18-15-12-9-6-3)68-62(65)56-53-50-47-44-41-38-35-32-29-26-23-20-17-14-11-8-5-2/h7,10,16,19,25-26,28-30,33,59H,4-6,8-9,11-15,17-18,20-24,27,31-32,34-58H2,1-3H3/b10-7-,19-16-,28-25-,29-26-,33-30-. The number of hydrogen-bond donors (Lipinski definition) is 0. The zero-order valence-electron chi connectivity index (χ0n) is 45.1. The van der Waals surface area contributed by atoms with Crippen LogP contribution in [0.2, 0.25) is 0 Å². The second-order valence-corrected chi connectivity index (χ2v) is 19.5. The van der Waals surface area contributed by atoms with Crippen LogP contribution in [0.3, 0.4) is 0 Å². The molecule has 0 heterocycles. The van der Waals surface area contributed by atoms with E-state index in [4.69, 9.17) is 14.2 Å². The first-order chi connectivity index (χ1) is 33.5. The number of rotatable bonds is 53. The maximum Gasteiger partial charge on any atom is 0.306 e. The molecule has 0 rings (SSSR count). The van der Waals surface area contributed by atoms with Gasteiger partial charge in [0.1, 0.15) is 13.2 Å². The Morgan fingerprint density at radius 3 is 0.912 bits per heavy atom. The minimum Gasteiger partial charge on any atom is -0.462 e. The summed E-state index contributed by atoms with van der Waals surface area (Å²) in [4.78, 5) is 38.2. The Hall–Kier alpha value is -2.89. The first-order valence-electron chi connectivity index (χ1n) is 29.3. The summed E-state index contributed by atoms with van der Waals surface area (Å²) in [5.74, 6) is -0.892. The van der Waals surface area contributed by atoms with Gasteiger partial charge >= 0.3 is 17.9 Å². The number of hydrogen-bond acceptors (Lipinski definition) is 6. The zero-order chi connectivity index (χ0) is 49.3. The lowest BCUT2D eigenvalue weighted by Gasteiger charge is -2.18. The molecule has 0 aromatic rings. The monoisotopic (exact) mass is 951 g/mol. The van der Waals surface area contributed by atoms with E-state index in [9.17, 15) is 14.4 Å². The molecule has 0 saturated carbocycles. The second-order valence-electron chi connectivity index (χ2n) is 19.5. The first kappa shape index (κ1) is 65.1. The second kappa shape index (κ2) is 56.7. The minimum atomic E-state index is -0.784. The molecular weight excluding hydrogens is 841 g/mol. The molecule has 394 valence electrons. The van der Waals surface area contributed by atoms with Gasteiger partial charge in [-0.25, -0.2) is 0 Å². The summed E-state index contributed by atoms with van der Waals surface area (Å²) in [6, 6.07) is 0. The summed E-state index contributed by atoms with van der Waals surface area (Å²) in [6.45, 7) is 6.53. The predicted octanol–water partition coefficient (Wildman–Crippen LogP) is 19.6. The Morgan fingerprint density at radius 1 is 0.309 bits per heavy atom. The predicted molar refractivity (Wildman–Crippen MR) is 293 cm³/mol. The van der Waals surface area contributed by atoms with Crippen molar-refractivity contribution in [1.82, 2.24) is 0 Å². The lowest BCUT2D eigenvalue weighted by molar-refractivity contribution is -0.167. The van der Waals surface area contributed by atoms with Gasteiger partial charge < -0.3 is 14.2 Å². The van der Waals surface area contributed by atoms with E-state index in [0.717, 1.165) is 89.9 Å². The maximum atomic E-state index is 12.9. The smallest absolute Gasteiger partial charge is 0.306 e. The third-order valence-corrected chi connectivity index (χ3v) is 12.7. The van der Waals surface area contributed by atoms with Crippen LogP contribution < -0.4 is 0 Å². The first-order valence-corrected chi connectivity index (χ1v) is 29.3. The fourth-order valence-corrected chi connectivity index (χ4v) is 8.33. The molecule has 0 saturated heterocycles. The Balaban J connectivity index is 4.40. The number of esters is 3. The number of allylic oxidation sites excluding steroid dienone is 10. The highest BCUT2D eigenvalue weighted by atomic mass is 16.6. The van der Waals surface area contributed by atoms with Crippen LogP contribution in [0.25, 0.3) is 0 Å². The van der Waals surface area contributed by atoms with Crippen molar-refractivity contribution in [2.45, 2.75) is 303 Å². The summed E-state index contributed by atoms with van der Waals surface area (Å²) in [5.41, 5.74) is 0. The van der Waals surface area contributed by atoms with Crippen LogP contribution in [0.4, 0.5) is 0 Å². The van der Waals surface area contributed by atoms with Crippen LogP contribution in [0.1, 0.15) is 297 Å². The van der Waals surface area contributed by atoms with Crippen LogP contribution in [0.5, 0.6) is 0 Å². The van der Waals surface area contributed by atoms with E-state index in [2.05, 4.69) is 81.5 Å². The summed E-state index contributed by atoms with van der Waals surface area (Å²) < 4.78 is 16.9. The van der Waals surface area contributed by atoms with Gasteiger partial charge in [0, 0.05) is 19.3 Å². The van der Waals surface area contributed by atoms with Gasteiger partial charge in [-0.3, -0.25) is 14.4 Å². The summed E-state index contributed by atoms with van der Waals surface area (Å²) >= 11 is 0. The largest absolute Gasteiger partial charge is 0.462 e. The van der Waals surface area contributed by atoms with Crippen molar-refractivity contribution >= 4 is 17.9 Å². The number of ether oxygens (including phenoxy) is 3. The highest BCUT2D eigenvalue weighted by Gasteiger charge is 2.19. The molecule has 0 aliphatic heterocycles. The number of unbranched alkanes of at least 4 members (excludes halogenated alkanes) is 32. The van der Waals surface area contributed by atoms with Gasteiger partial charge in [-0.2, -0.15) is 0 Å². The SMILES string of the molecule is CC/C=C\C/C=C\C/C=C\CCCCCCCCCC(=O)OCC(COC(=O)CCCCCCC/C=C\CCCCCCCCC)OC(=O)CCCCCCCCC/C=C\CCCCCCCC. The molecule has 0 N–H and O–H groups in total. The van der Waals surface area contributed by atoms with Crippen LogP contribution in [-0.4, -0.2) is 37.2 Å². The molecule has 0 fully saturated rings. The van der Waals surface area contributed by atoms with Gasteiger partial charge in [-0.15, -0.1) is 0 Å². The third-order valence-electron chi connectivity index (χ3n) is 12.7. The Morgan fingerprint density at radius 2 is 0.574 bits per heavy atom. The lowest BCUT2D eigenvalue weighted by Crippen LogP contribution is -2.30. The molecule has 0 radical (unpaired) electrons. The van der Waals surface area contributed by atoms with Gasteiger partial charge in [0.25, 0.3) is 0 Å². The van der Waals surface area contributed by atoms with Crippen LogP contribution in [0.15, 0.2) is 60.8 Å². The average molecular weight is 952 g/mol. The van der Waals surface area contributed by atoms with Crippen molar-refractivity contribution in [3.8, 4) is 0 Å². The molecule has 1 unspecified atom stereocenters. The molecule has 0 amide bonds. The average Bonchev–Trinajstić information content (AvgIpc) is 3.34. The molecule has 0 spiro atoms. The molecule has 6 nitrogen and oxygen atoms in total. The highest BCUT2D eigenvalue weighted by molar-refractivity contribution is 5.71. The van der Waals surface area contributed by atoms with Crippen molar-refractivity contribution in [2.24, 2.45) is 0 Å². The van der Waals surface area contributed by atoms with E-state index < -0.39 is 6.10 Å². The fraction of sp³-hybridized carbons (Fsp3) is 0.790. The van der Waals surface area contributed by atoms with Gasteiger partial charge in [-0.1, -0.05) is 236 Å². The van der Waals surface area contributed by atoms with Crippen molar-refractivity contribution < 1.29 is 28.6 Å².